The maximum absolute atomic E-state index is 10.9. The van der Waals surface area contributed by atoms with Gasteiger partial charge in [0.25, 0.3) is 0 Å². The molecule has 0 radical (unpaired) electrons. The Kier molecular flexibility index (Phi) is 4.76. The fourth-order valence-corrected chi connectivity index (χ4v) is 3.22. The van der Waals surface area contributed by atoms with Crippen LogP contribution in [0.15, 0.2) is 30.3 Å². The Balaban J connectivity index is 1.96. The number of anilines is 1. The molecule has 1 fully saturated rings. The molecule has 0 bridgehead atoms. The number of hydrogen-bond acceptors (Lipinski definition) is 4. The number of carboxylic acids is 1. The second kappa shape index (κ2) is 6.96. The number of piperidine rings is 1. The van der Waals surface area contributed by atoms with E-state index in [1.54, 1.807) is 0 Å². The largest absolute Gasteiger partial charge is 0.480 e. The SMILES string of the molecule is CN(CC(=O)O)Cc1cc2ccccc2nc1N1CCCCC1. The molecule has 0 amide bonds. The zero-order valence-electron chi connectivity index (χ0n) is 13.5. The van der Waals surface area contributed by atoms with Crippen LogP contribution < -0.4 is 4.90 Å². The van der Waals surface area contributed by atoms with Gasteiger partial charge in [-0.05, 0) is 38.4 Å². The van der Waals surface area contributed by atoms with Gasteiger partial charge in [-0.25, -0.2) is 4.98 Å². The highest BCUT2D eigenvalue weighted by atomic mass is 16.4. The Morgan fingerprint density at radius 3 is 2.74 bits per heavy atom. The number of aromatic nitrogens is 1. The molecule has 3 rings (SSSR count). The first kappa shape index (κ1) is 15.7. The molecule has 5 heteroatoms. The first-order chi connectivity index (χ1) is 11.1. The minimum absolute atomic E-state index is 0.0340. The fraction of sp³-hybridized carbons (Fsp3) is 0.444. The molecule has 2 aromatic rings. The van der Waals surface area contributed by atoms with Gasteiger partial charge in [0.05, 0.1) is 12.1 Å². The molecule has 0 aliphatic carbocycles. The molecule has 1 aromatic carbocycles. The molecule has 1 aliphatic heterocycles. The van der Waals surface area contributed by atoms with Gasteiger partial charge in [-0.2, -0.15) is 0 Å². The second-order valence-corrected chi connectivity index (χ2v) is 6.28. The quantitative estimate of drug-likeness (QED) is 0.920. The van der Waals surface area contributed by atoms with Crippen molar-refractivity contribution in [2.45, 2.75) is 25.8 Å². The Morgan fingerprint density at radius 2 is 2.00 bits per heavy atom. The van der Waals surface area contributed by atoms with E-state index >= 15 is 0 Å². The van der Waals surface area contributed by atoms with E-state index in [1.165, 1.54) is 19.3 Å². The van der Waals surface area contributed by atoms with Gasteiger partial charge in [-0.3, -0.25) is 9.69 Å². The topological polar surface area (TPSA) is 56.7 Å². The number of hydrogen-bond donors (Lipinski definition) is 1. The molecule has 0 saturated carbocycles. The molecule has 122 valence electrons. The predicted molar refractivity (Wildman–Crippen MR) is 91.8 cm³/mol. The van der Waals surface area contributed by atoms with E-state index in [2.05, 4.69) is 17.0 Å². The van der Waals surface area contributed by atoms with E-state index in [0.717, 1.165) is 35.4 Å². The van der Waals surface area contributed by atoms with Crippen LogP contribution in [0.2, 0.25) is 0 Å². The number of aliphatic carboxylic acids is 1. The first-order valence-electron chi connectivity index (χ1n) is 8.17. The lowest BCUT2D eigenvalue weighted by atomic mass is 10.1. The monoisotopic (exact) mass is 313 g/mol. The number of pyridine rings is 1. The van der Waals surface area contributed by atoms with Crippen LogP contribution in [-0.4, -0.2) is 47.6 Å². The Labute approximate surface area is 136 Å². The molecule has 0 spiro atoms. The minimum atomic E-state index is -0.805. The number of carboxylic acid groups (broad SMARTS) is 1. The van der Waals surface area contributed by atoms with Crippen molar-refractivity contribution in [3.63, 3.8) is 0 Å². The Hall–Kier alpha value is -2.14. The highest BCUT2D eigenvalue weighted by Crippen LogP contribution is 2.27. The van der Waals surface area contributed by atoms with Gasteiger partial charge >= 0.3 is 5.97 Å². The van der Waals surface area contributed by atoms with E-state index < -0.39 is 5.97 Å². The van der Waals surface area contributed by atoms with E-state index in [1.807, 2.05) is 30.1 Å². The Bertz CT molecular complexity index is 696. The highest BCUT2D eigenvalue weighted by Gasteiger charge is 2.18. The lowest BCUT2D eigenvalue weighted by Crippen LogP contribution is -2.32. The van der Waals surface area contributed by atoms with Gasteiger partial charge in [0.2, 0.25) is 0 Å². The zero-order chi connectivity index (χ0) is 16.2. The van der Waals surface area contributed by atoms with Crippen molar-refractivity contribution in [3.8, 4) is 0 Å². The van der Waals surface area contributed by atoms with Crippen LogP contribution in [0.1, 0.15) is 24.8 Å². The van der Waals surface area contributed by atoms with Gasteiger partial charge in [0, 0.05) is 30.6 Å². The van der Waals surface area contributed by atoms with Crippen LogP contribution >= 0.6 is 0 Å². The molecule has 5 nitrogen and oxygen atoms in total. The van der Waals surface area contributed by atoms with Crippen molar-refractivity contribution >= 4 is 22.7 Å². The van der Waals surface area contributed by atoms with Crippen molar-refractivity contribution in [2.24, 2.45) is 0 Å². The molecule has 1 N–H and O–H groups in total. The summed E-state index contributed by atoms with van der Waals surface area (Å²) in [6.45, 7) is 2.68. The molecule has 0 atom stereocenters. The van der Waals surface area contributed by atoms with Crippen LogP contribution in [0.4, 0.5) is 5.82 Å². The van der Waals surface area contributed by atoms with Crippen molar-refractivity contribution in [3.05, 3.63) is 35.9 Å². The molecule has 1 aliphatic rings. The van der Waals surface area contributed by atoms with Gasteiger partial charge in [-0.1, -0.05) is 18.2 Å². The number of para-hydroxylation sites is 1. The standard InChI is InChI=1S/C18H23N3O2/c1-20(13-17(22)23)12-15-11-14-7-3-4-8-16(14)19-18(15)21-9-5-2-6-10-21/h3-4,7-8,11H,2,5-6,9-10,12-13H2,1H3,(H,22,23). The zero-order valence-corrected chi connectivity index (χ0v) is 13.5. The van der Waals surface area contributed by atoms with Crippen LogP contribution in [0, 0.1) is 0 Å². The summed E-state index contributed by atoms with van der Waals surface area (Å²) in [7, 11) is 1.84. The second-order valence-electron chi connectivity index (χ2n) is 6.28. The molecule has 0 unspecified atom stereocenters. The van der Waals surface area contributed by atoms with Crippen molar-refractivity contribution < 1.29 is 9.90 Å². The maximum atomic E-state index is 10.9. The first-order valence-corrected chi connectivity index (χ1v) is 8.17. The third kappa shape index (κ3) is 3.79. The number of likely N-dealkylation sites (N-methyl/N-ethyl adjacent to an activating group) is 1. The average Bonchev–Trinajstić information content (AvgIpc) is 2.54. The predicted octanol–water partition coefficient (Wildman–Crippen LogP) is 2.74. The number of fused-ring (bicyclic) bond motifs is 1. The molecule has 23 heavy (non-hydrogen) atoms. The molecule has 1 aromatic heterocycles. The van der Waals surface area contributed by atoms with Gasteiger partial charge in [0.15, 0.2) is 0 Å². The number of carbonyl (C=O) groups is 1. The van der Waals surface area contributed by atoms with E-state index in [-0.39, 0.29) is 6.54 Å². The van der Waals surface area contributed by atoms with Gasteiger partial charge in [0.1, 0.15) is 5.82 Å². The fourth-order valence-electron chi connectivity index (χ4n) is 3.22. The molecule has 1 saturated heterocycles. The summed E-state index contributed by atoms with van der Waals surface area (Å²) >= 11 is 0. The van der Waals surface area contributed by atoms with Crippen molar-refractivity contribution in [2.75, 3.05) is 31.6 Å². The third-order valence-electron chi connectivity index (χ3n) is 4.28. The van der Waals surface area contributed by atoms with Crippen LogP contribution in [-0.2, 0) is 11.3 Å². The minimum Gasteiger partial charge on any atom is -0.480 e. The molecular formula is C18H23N3O2. The number of nitrogens with zero attached hydrogens (tertiary/aromatic N) is 3. The summed E-state index contributed by atoms with van der Waals surface area (Å²) < 4.78 is 0. The van der Waals surface area contributed by atoms with Crippen molar-refractivity contribution in [1.29, 1.82) is 0 Å². The summed E-state index contributed by atoms with van der Waals surface area (Å²) in [5.74, 6) is 0.210. The van der Waals surface area contributed by atoms with Crippen LogP contribution in [0.25, 0.3) is 10.9 Å². The van der Waals surface area contributed by atoms with E-state index in [0.29, 0.717) is 6.54 Å². The lowest BCUT2D eigenvalue weighted by molar-refractivity contribution is -0.138. The number of rotatable bonds is 5. The maximum Gasteiger partial charge on any atom is 0.317 e. The van der Waals surface area contributed by atoms with Crippen LogP contribution in [0.5, 0.6) is 0 Å². The van der Waals surface area contributed by atoms with E-state index in [9.17, 15) is 4.79 Å². The normalized spacial score (nSPS) is 15.3. The average molecular weight is 313 g/mol. The molecular weight excluding hydrogens is 290 g/mol. The van der Waals surface area contributed by atoms with Gasteiger partial charge in [-0.15, -0.1) is 0 Å². The summed E-state index contributed by atoms with van der Waals surface area (Å²) in [4.78, 5) is 20.0. The third-order valence-corrected chi connectivity index (χ3v) is 4.28. The van der Waals surface area contributed by atoms with Gasteiger partial charge < -0.3 is 10.0 Å². The van der Waals surface area contributed by atoms with Crippen LogP contribution in [0.3, 0.4) is 0 Å². The smallest absolute Gasteiger partial charge is 0.317 e. The number of benzene rings is 1. The summed E-state index contributed by atoms with van der Waals surface area (Å²) in [5.41, 5.74) is 2.10. The summed E-state index contributed by atoms with van der Waals surface area (Å²) in [6, 6.07) is 10.3. The van der Waals surface area contributed by atoms with E-state index in [4.69, 9.17) is 10.1 Å². The molecule has 2 heterocycles. The highest BCUT2D eigenvalue weighted by molar-refractivity contribution is 5.82. The summed E-state index contributed by atoms with van der Waals surface area (Å²) in [6.07, 6.45) is 3.66. The lowest BCUT2D eigenvalue weighted by Gasteiger charge is -2.30. The Morgan fingerprint density at radius 1 is 1.26 bits per heavy atom. The summed E-state index contributed by atoms with van der Waals surface area (Å²) in [5, 5.41) is 10.1. The van der Waals surface area contributed by atoms with Crippen molar-refractivity contribution in [1.82, 2.24) is 9.88 Å².